The van der Waals surface area contributed by atoms with Gasteiger partial charge in [0, 0.05) is 46.9 Å². The van der Waals surface area contributed by atoms with Crippen LogP contribution in [0, 0.1) is 18.3 Å². The highest BCUT2D eigenvalue weighted by Gasteiger charge is 2.35. The van der Waals surface area contributed by atoms with Crippen LogP contribution in [0.5, 0.6) is 17.2 Å². The van der Waals surface area contributed by atoms with Crippen molar-refractivity contribution in [3.05, 3.63) is 99.1 Å². The van der Waals surface area contributed by atoms with E-state index in [4.69, 9.17) is 18.9 Å². The Kier molecular flexibility index (Phi) is 19.0. The first-order chi connectivity index (χ1) is 30.4. The normalized spacial score (nSPS) is 14.3. The number of ether oxygens (including phenoxy) is 4. The molecule has 1 heterocycles. The van der Waals surface area contributed by atoms with Crippen molar-refractivity contribution in [2.24, 2.45) is 11.3 Å². The van der Waals surface area contributed by atoms with Gasteiger partial charge in [0.25, 0.3) is 0 Å². The summed E-state index contributed by atoms with van der Waals surface area (Å²) in [7, 11) is 0. The molecule has 0 bridgehead atoms. The van der Waals surface area contributed by atoms with Crippen LogP contribution in [0.2, 0.25) is 0 Å². The molecule has 0 amide bonds. The summed E-state index contributed by atoms with van der Waals surface area (Å²) in [5, 5.41) is 22.0. The molecular formula is C58H88O8. The first-order valence-corrected chi connectivity index (χ1v) is 24.4. The van der Waals surface area contributed by atoms with E-state index < -0.39 is 5.97 Å². The second-order valence-corrected chi connectivity index (χ2v) is 23.1. The SMILES string of the molecule is C=CC(=O)Oc1c(Cc2cc(C(C)(C)CC)cc(C(C)(C)CC)c2O)cc(C(C)(C)CC)cc1C(C)(C)CC.Cc1cc(CCC(=O)OCC(C)(C)C2COCOC2)cc(C(C)(C)C)c1O. The summed E-state index contributed by atoms with van der Waals surface area (Å²) < 4.78 is 22.3. The lowest BCUT2D eigenvalue weighted by Gasteiger charge is -2.35. The largest absolute Gasteiger partial charge is 0.507 e. The van der Waals surface area contributed by atoms with Crippen LogP contribution in [0.15, 0.2) is 49.1 Å². The molecule has 3 aromatic rings. The average Bonchev–Trinajstić information content (AvgIpc) is 3.26. The standard InChI is InChI=1S/C36H54O3.C22H34O5/c1-14-30(37)39-32-25(21-27(34(8,9)16-3)23-29(32)36(12,13)18-5)19-24-20-26(33(6,7)15-2)22-28(31(24)38)35(10,11)17-4;1-15-9-16(10-18(20(15)24)21(2,3)4)7-8-19(23)27-13-22(5,6)17-11-25-14-26-12-17/h14,20-23,38H,1,15-19H2,2-13H3;9-10,17,24H,7-8,11-14H2,1-6H3. The zero-order valence-corrected chi connectivity index (χ0v) is 44.4. The van der Waals surface area contributed by atoms with Gasteiger partial charge in [0.2, 0.25) is 0 Å². The summed E-state index contributed by atoms with van der Waals surface area (Å²) in [4.78, 5) is 24.9. The van der Waals surface area contributed by atoms with Gasteiger partial charge < -0.3 is 29.2 Å². The molecule has 0 unspecified atom stereocenters. The number of phenolic OH excluding ortho intramolecular Hbond substituents is 2. The van der Waals surface area contributed by atoms with Crippen LogP contribution in [0.4, 0.5) is 0 Å². The zero-order valence-electron chi connectivity index (χ0n) is 44.4. The Hall–Kier alpha value is -4.14. The summed E-state index contributed by atoms with van der Waals surface area (Å²) >= 11 is 0. The van der Waals surface area contributed by atoms with Gasteiger partial charge in [0.1, 0.15) is 24.0 Å². The van der Waals surface area contributed by atoms with Gasteiger partial charge in [-0.1, -0.05) is 161 Å². The average molecular weight is 913 g/mol. The number of hydrogen-bond donors (Lipinski definition) is 2. The molecule has 1 aliphatic rings. The topological polar surface area (TPSA) is 112 Å². The summed E-state index contributed by atoms with van der Waals surface area (Å²) in [6.07, 6.45) is 6.37. The van der Waals surface area contributed by atoms with Gasteiger partial charge in [0.05, 0.1) is 19.8 Å². The number of aryl methyl sites for hydroxylation is 2. The number of carbonyl (C=O) groups excluding carboxylic acids is 2. The van der Waals surface area contributed by atoms with Gasteiger partial charge in [-0.15, -0.1) is 0 Å². The van der Waals surface area contributed by atoms with E-state index in [0.29, 0.717) is 63.1 Å². The molecule has 1 fully saturated rings. The van der Waals surface area contributed by atoms with Crippen LogP contribution in [0.25, 0.3) is 0 Å². The van der Waals surface area contributed by atoms with E-state index in [0.717, 1.165) is 64.6 Å². The van der Waals surface area contributed by atoms with Crippen molar-refractivity contribution >= 4 is 11.9 Å². The van der Waals surface area contributed by atoms with Crippen molar-refractivity contribution in [2.45, 2.75) is 197 Å². The van der Waals surface area contributed by atoms with Crippen molar-refractivity contribution in [2.75, 3.05) is 26.6 Å². The molecular weight excluding hydrogens is 825 g/mol. The van der Waals surface area contributed by atoms with Gasteiger partial charge in [-0.3, -0.25) is 4.79 Å². The second-order valence-electron chi connectivity index (χ2n) is 23.1. The van der Waals surface area contributed by atoms with Crippen LogP contribution in [0.3, 0.4) is 0 Å². The third-order valence-electron chi connectivity index (χ3n) is 15.0. The first-order valence-electron chi connectivity index (χ1n) is 24.4. The molecule has 0 radical (unpaired) electrons. The molecule has 368 valence electrons. The van der Waals surface area contributed by atoms with Crippen molar-refractivity contribution in [3.63, 3.8) is 0 Å². The van der Waals surface area contributed by atoms with Crippen molar-refractivity contribution in [1.82, 2.24) is 0 Å². The molecule has 1 aliphatic heterocycles. The smallest absolute Gasteiger partial charge is 0.335 e. The molecule has 0 atom stereocenters. The summed E-state index contributed by atoms with van der Waals surface area (Å²) in [5.41, 5.74) is 8.17. The van der Waals surface area contributed by atoms with Gasteiger partial charge in [-0.2, -0.15) is 0 Å². The third kappa shape index (κ3) is 14.2. The van der Waals surface area contributed by atoms with E-state index in [2.05, 4.69) is 149 Å². The molecule has 0 spiro atoms. The van der Waals surface area contributed by atoms with Crippen molar-refractivity contribution in [3.8, 4) is 17.2 Å². The lowest BCUT2D eigenvalue weighted by molar-refractivity contribution is -0.166. The summed E-state index contributed by atoms with van der Waals surface area (Å²) in [6, 6.07) is 12.7. The molecule has 4 rings (SSSR count). The number of phenols is 2. The molecule has 1 saturated heterocycles. The van der Waals surface area contributed by atoms with E-state index in [1.165, 1.54) is 17.2 Å². The molecule has 0 aromatic heterocycles. The van der Waals surface area contributed by atoms with Crippen molar-refractivity contribution < 1.29 is 38.7 Å². The van der Waals surface area contributed by atoms with E-state index in [-0.39, 0.29) is 44.4 Å². The highest BCUT2D eigenvalue weighted by Crippen LogP contribution is 2.45. The Bertz CT molecular complexity index is 2140. The highest BCUT2D eigenvalue weighted by atomic mass is 16.7. The van der Waals surface area contributed by atoms with Crippen LogP contribution < -0.4 is 4.74 Å². The molecule has 2 N–H and O–H groups in total. The number of carbonyl (C=O) groups is 2. The summed E-state index contributed by atoms with van der Waals surface area (Å²) in [5.74, 6) is 0.822. The quantitative estimate of drug-likeness (QED) is 0.0737. The number of hydrogen-bond acceptors (Lipinski definition) is 8. The van der Waals surface area contributed by atoms with Crippen LogP contribution in [-0.4, -0.2) is 48.8 Å². The van der Waals surface area contributed by atoms with E-state index in [1.807, 2.05) is 19.1 Å². The lowest BCUT2D eigenvalue weighted by atomic mass is 9.73. The number of rotatable bonds is 18. The second kappa shape index (κ2) is 22.3. The fourth-order valence-corrected chi connectivity index (χ4v) is 7.92. The van der Waals surface area contributed by atoms with Crippen LogP contribution >= 0.6 is 0 Å². The Balaban J connectivity index is 0.000000374. The summed E-state index contributed by atoms with van der Waals surface area (Å²) in [6.45, 7) is 44.4. The highest BCUT2D eigenvalue weighted by molar-refractivity contribution is 5.84. The van der Waals surface area contributed by atoms with Crippen LogP contribution in [-0.2, 0) is 63.7 Å². The fraction of sp³-hybridized carbons (Fsp3) is 0.621. The monoisotopic (exact) mass is 913 g/mol. The van der Waals surface area contributed by atoms with E-state index in [1.54, 1.807) is 0 Å². The zero-order chi connectivity index (χ0) is 50.2. The molecule has 3 aromatic carbocycles. The predicted molar refractivity (Wildman–Crippen MR) is 271 cm³/mol. The third-order valence-corrected chi connectivity index (χ3v) is 15.0. The Labute approximate surface area is 400 Å². The number of aromatic hydroxyl groups is 2. The van der Waals surface area contributed by atoms with Gasteiger partial charge in [-0.05, 0) is 99.5 Å². The first kappa shape index (κ1) is 56.2. The maximum Gasteiger partial charge on any atom is 0.335 e. The molecule has 8 heteroatoms. The van der Waals surface area contributed by atoms with Crippen molar-refractivity contribution in [1.29, 1.82) is 0 Å². The minimum absolute atomic E-state index is 0.0411. The minimum Gasteiger partial charge on any atom is -0.507 e. The number of esters is 2. The van der Waals surface area contributed by atoms with Crippen LogP contribution in [0.1, 0.15) is 200 Å². The molecule has 0 saturated carbocycles. The molecule has 66 heavy (non-hydrogen) atoms. The minimum atomic E-state index is -0.468. The van der Waals surface area contributed by atoms with E-state index in [9.17, 15) is 19.8 Å². The van der Waals surface area contributed by atoms with Gasteiger partial charge >= 0.3 is 11.9 Å². The molecule has 8 nitrogen and oxygen atoms in total. The predicted octanol–water partition coefficient (Wildman–Crippen LogP) is 13.9. The molecule has 0 aliphatic carbocycles. The fourth-order valence-electron chi connectivity index (χ4n) is 7.92. The Morgan fingerprint density at radius 1 is 0.682 bits per heavy atom. The maximum absolute atomic E-state index is 12.6. The Morgan fingerprint density at radius 3 is 1.68 bits per heavy atom. The van der Waals surface area contributed by atoms with Gasteiger partial charge in [0.15, 0.2) is 0 Å². The maximum atomic E-state index is 12.6. The Morgan fingerprint density at radius 2 is 1.18 bits per heavy atom. The lowest BCUT2D eigenvalue weighted by Crippen LogP contribution is -2.39. The van der Waals surface area contributed by atoms with E-state index >= 15 is 0 Å². The van der Waals surface area contributed by atoms with Gasteiger partial charge in [-0.25, -0.2) is 4.79 Å². The number of benzene rings is 3.